The second-order valence-corrected chi connectivity index (χ2v) is 7.87. The highest BCUT2D eigenvalue weighted by Crippen LogP contribution is 2.33. The summed E-state index contributed by atoms with van der Waals surface area (Å²) in [6.07, 6.45) is 1.34. The minimum atomic E-state index is -3.77. The highest BCUT2D eigenvalue weighted by molar-refractivity contribution is 7.95. The summed E-state index contributed by atoms with van der Waals surface area (Å²) < 4.78 is 37.7. The van der Waals surface area contributed by atoms with Gasteiger partial charge >= 0.3 is 0 Å². The molecule has 1 aliphatic rings. The van der Waals surface area contributed by atoms with E-state index in [4.69, 9.17) is 11.6 Å². The first-order valence-electron chi connectivity index (χ1n) is 6.99. The van der Waals surface area contributed by atoms with E-state index in [-0.39, 0.29) is 5.71 Å². The summed E-state index contributed by atoms with van der Waals surface area (Å²) in [5.74, 6) is -0.394. The molecule has 0 aromatic heterocycles. The molecule has 0 fully saturated rings. The van der Waals surface area contributed by atoms with Crippen molar-refractivity contribution in [2.24, 2.45) is 10.2 Å². The number of hydrogen-bond acceptors (Lipinski definition) is 4. The first-order chi connectivity index (χ1) is 11.4. The quantitative estimate of drug-likeness (QED) is 0.466. The molecule has 0 bridgehead atoms. The van der Waals surface area contributed by atoms with Crippen LogP contribution in [0, 0.1) is 5.82 Å². The molecular formula is C16H13ClFN3O2S. The largest absolute Gasteiger partial charge is 0.271 e. The molecule has 1 atom stereocenters. The summed E-state index contributed by atoms with van der Waals surface area (Å²) in [6, 6.07) is 12.7. The van der Waals surface area contributed by atoms with Crippen LogP contribution in [0.25, 0.3) is 0 Å². The van der Waals surface area contributed by atoms with E-state index < -0.39 is 20.5 Å². The van der Waals surface area contributed by atoms with Crippen molar-refractivity contribution < 1.29 is 12.8 Å². The minimum Gasteiger partial charge on any atom is -0.271 e. The predicted molar refractivity (Wildman–Crippen MR) is 93.9 cm³/mol. The molecule has 0 N–H and O–H groups in total. The molecule has 0 spiro atoms. The highest BCUT2D eigenvalue weighted by Gasteiger charge is 2.40. The van der Waals surface area contributed by atoms with Crippen molar-refractivity contribution in [2.45, 2.75) is 4.71 Å². The Balaban J connectivity index is 2.04. The fourth-order valence-corrected chi connectivity index (χ4v) is 4.03. The maximum Gasteiger partial charge on any atom is 0.257 e. The Morgan fingerprint density at radius 1 is 1.21 bits per heavy atom. The lowest BCUT2D eigenvalue weighted by Gasteiger charge is -2.30. The van der Waals surface area contributed by atoms with E-state index in [2.05, 4.69) is 10.2 Å². The van der Waals surface area contributed by atoms with Crippen molar-refractivity contribution in [2.75, 3.05) is 11.4 Å². The SMILES string of the molecule is CN1c2ccccc2/C(=N/N=C/c2cccc(F)c2)[C@H](Cl)S1(=O)=O. The van der Waals surface area contributed by atoms with Gasteiger partial charge in [-0.1, -0.05) is 41.9 Å². The van der Waals surface area contributed by atoms with Gasteiger partial charge in [-0.15, -0.1) is 0 Å². The number of benzene rings is 2. The molecule has 2 aromatic carbocycles. The Kier molecular flexibility index (Phi) is 4.38. The van der Waals surface area contributed by atoms with Gasteiger partial charge in [0.05, 0.1) is 11.9 Å². The second-order valence-electron chi connectivity index (χ2n) is 5.13. The third-order valence-corrected chi connectivity index (χ3v) is 6.19. The van der Waals surface area contributed by atoms with E-state index >= 15 is 0 Å². The van der Waals surface area contributed by atoms with Crippen LogP contribution in [0.2, 0.25) is 0 Å². The maximum absolute atomic E-state index is 13.1. The molecule has 0 saturated heterocycles. The molecule has 1 aliphatic heterocycles. The Hall–Kier alpha value is -2.25. The van der Waals surface area contributed by atoms with Crippen molar-refractivity contribution in [3.63, 3.8) is 0 Å². The number of anilines is 1. The lowest BCUT2D eigenvalue weighted by Crippen LogP contribution is -2.43. The zero-order valence-corrected chi connectivity index (χ0v) is 14.2. The fourth-order valence-electron chi connectivity index (χ4n) is 2.35. The summed E-state index contributed by atoms with van der Waals surface area (Å²) in [6.45, 7) is 0. The molecule has 0 aliphatic carbocycles. The van der Waals surface area contributed by atoms with E-state index in [9.17, 15) is 12.8 Å². The summed E-state index contributed by atoms with van der Waals surface area (Å²) in [4.78, 5) is 0. The molecule has 0 radical (unpaired) electrons. The number of fused-ring (bicyclic) bond motifs is 1. The lowest BCUT2D eigenvalue weighted by atomic mass is 10.1. The van der Waals surface area contributed by atoms with Crippen LogP contribution in [0.3, 0.4) is 0 Å². The number of hydrogen-bond donors (Lipinski definition) is 0. The van der Waals surface area contributed by atoms with Crippen LogP contribution in [0.15, 0.2) is 58.7 Å². The molecule has 24 heavy (non-hydrogen) atoms. The smallest absolute Gasteiger partial charge is 0.257 e. The van der Waals surface area contributed by atoms with Crippen molar-refractivity contribution >= 4 is 39.2 Å². The summed E-state index contributed by atoms with van der Waals surface area (Å²) in [5, 5.41) is 7.86. The van der Waals surface area contributed by atoms with Gasteiger partial charge in [0.1, 0.15) is 11.5 Å². The van der Waals surface area contributed by atoms with E-state index in [1.165, 1.54) is 25.4 Å². The Morgan fingerprint density at radius 2 is 1.96 bits per heavy atom. The van der Waals surface area contributed by atoms with Crippen molar-refractivity contribution in [1.82, 2.24) is 0 Å². The van der Waals surface area contributed by atoms with E-state index in [1.54, 1.807) is 36.4 Å². The molecule has 2 aromatic rings. The standard InChI is InChI=1S/C16H13ClFN3O2S/c1-21-14-8-3-2-7-13(14)15(16(17)24(21,22)23)20-19-10-11-5-4-6-12(18)9-11/h2-10,16H,1H3/b19-10+,20-15-/t16-/m1/s1. The Bertz CT molecular complexity index is 944. The number of halogens is 2. The first kappa shape index (κ1) is 16.6. The zero-order chi connectivity index (χ0) is 17.3. The van der Waals surface area contributed by atoms with Gasteiger partial charge in [-0.25, -0.2) is 12.8 Å². The summed E-state index contributed by atoms with van der Waals surface area (Å²) >= 11 is 6.11. The first-order valence-corrected chi connectivity index (χ1v) is 8.93. The third kappa shape index (κ3) is 2.92. The van der Waals surface area contributed by atoms with Gasteiger partial charge in [0, 0.05) is 12.6 Å². The van der Waals surface area contributed by atoms with Gasteiger partial charge in [0.2, 0.25) is 0 Å². The minimum absolute atomic E-state index is 0.137. The van der Waals surface area contributed by atoms with Gasteiger partial charge in [0.15, 0.2) is 4.71 Å². The lowest BCUT2D eigenvalue weighted by molar-refractivity contribution is 0.595. The van der Waals surface area contributed by atoms with Crippen LogP contribution >= 0.6 is 11.6 Å². The maximum atomic E-state index is 13.1. The number of para-hydroxylation sites is 1. The monoisotopic (exact) mass is 365 g/mol. The Labute approximate surface area is 144 Å². The van der Waals surface area contributed by atoms with Crippen LogP contribution in [0.4, 0.5) is 10.1 Å². The van der Waals surface area contributed by atoms with Crippen molar-refractivity contribution in [3.05, 3.63) is 65.5 Å². The molecule has 8 heteroatoms. The number of nitrogens with zero attached hydrogens (tertiary/aromatic N) is 3. The summed E-state index contributed by atoms with van der Waals surface area (Å²) in [7, 11) is -2.33. The van der Waals surface area contributed by atoms with Gasteiger partial charge in [-0.2, -0.15) is 10.2 Å². The average molecular weight is 366 g/mol. The van der Waals surface area contributed by atoms with Crippen LogP contribution < -0.4 is 4.31 Å². The highest BCUT2D eigenvalue weighted by atomic mass is 35.5. The predicted octanol–water partition coefficient (Wildman–Crippen LogP) is 2.99. The third-order valence-electron chi connectivity index (χ3n) is 3.60. The average Bonchev–Trinajstić information content (AvgIpc) is 2.56. The van der Waals surface area contributed by atoms with Crippen molar-refractivity contribution in [3.8, 4) is 0 Å². The summed E-state index contributed by atoms with van der Waals surface area (Å²) in [5.41, 5.74) is 1.72. The van der Waals surface area contributed by atoms with Crippen LogP contribution in [-0.4, -0.2) is 32.1 Å². The van der Waals surface area contributed by atoms with Crippen LogP contribution in [-0.2, 0) is 10.0 Å². The van der Waals surface area contributed by atoms with Crippen LogP contribution in [0.5, 0.6) is 0 Å². The van der Waals surface area contributed by atoms with Gasteiger partial charge in [-0.3, -0.25) is 4.31 Å². The molecule has 0 saturated carbocycles. The molecule has 0 unspecified atom stereocenters. The molecule has 5 nitrogen and oxygen atoms in total. The van der Waals surface area contributed by atoms with Crippen LogP contribution in [0.1, 0.15) is 11.1 Å². The zero-order valence-electron chi connectivity index (χ0n) is 12.6. The van der Waals surface area contributed by atoms with Gasteiger partial charge in [-0.05, 0) is 23.8 Å². The molecule has 1 heterocycles. The topological polar surface area (TPSA) is 62.1 Å². The van der Waals surface area contributed by atoms with Gasteiger partial charge < -0.3 is 0 Å². The van der Waals surface area contributed by atoms with E-state index in [0.29, 0.717) is 16.8 Å². The van der Waals surface area contributed by atoms with E-state index in [1.807, 2.05) is 0 Å². The van der Waals surface area contributed by atoms with Crippen molar-refractivity contribution in [1.29, 1.82) is 0 Å². The Morgan fingerprint density at radius 3 is 2.71 bits per heavy atom. The molecule has 0 amide bonds. The number of alkyl halides is 1. The molecular weight excluding hydrogens is 353 g/mol. The number of sulfonamides is 1. The molecule has 3 rings (SSSR count). The van der Waals surface area contributed by atoms with Gasteiger partial charge in [0.25, 0.3) is 10.0 Å². The normalized spacial score (nSPS) is 21.2. The fraction of sp³-hybridized carbons (Fsp3) is 0.125. The number of rotatable bonds is 2. The second kappa shape index (κ2) is 6.33. The molecule has 124 valence electrons. The van der Waals surface area contributed by atoms with E-state index in [0.717, 1.165) is 4.31 Å².